The largest absolute Gasteiger partial charge is 0.451 e. The van der Waals surface area contributed by atoms with Crippen LogP contribution in [0, 0.1) is 6.92 Å². The first kappa shape index (κ1) is 27.5. The number of hydrogen-bond donors (Lipinski definition) is 1. The molecular formula is C25H25F3N4O2S3. The number of nitrogens with zero attached hydrogens (tertiary/aromatic N) is 3. The van der Waals surface area contributed by atoms with Crippen LogP contribution in [0.4, 0.5) is 23.2 Å². The third-order valence-corrected chi connectivity index (χ3v) is 7.88. The van der Waals surface area contributed by atoms with Crippen LogP contribution in [0.3, 0.4) is 0 Å². The van der Waals surface area contributed by atoms with Gasteiger partial charge in [0, 0.05) is 43.3 Å². The lowest BCUT2D eigenvalue weighted by Gasteiger charge is -2.33. The first-order valence-corrected chi connectivity index (χ1v) is 13.5. The van der Waals surface area contributed by atoms with Gasteiger partial charge in [-0.3, -0.25) is 4.79 Å². The third kappa shape index (κ3) is 6.86. The number of anilines is 2. The van der Waals surface area contributed by atoms with Crippen LogP contribution in [0.25, 0.3) is 17.0 Å². The van der Waals surface area contributed by atoms with Crippen LogP contribution in [0.15, 0.2) is 54.6 Å². The lowest BCUT2D eigenvalue weighted by Crippen LogP contribution is -2.44. The highest BCUT2D eigenvalue weighted by molar-refractivity contribution is 8.29. The molecule has 0 aliphatic carbocycles. The van der Waals surface area contributed by atoms with E-state index < -0.39 is 40.0 Å². The molecule has 6 nitrogen and oxygen atoms in total. The molecular weight excluding hydrogens is 541 g/mol. The number of piperazine rings is 1. The minimum atomic E-state index is -2.36. The summed E-state index contributed by atoms with van der Waals surface area (Å²) >= 11 is -1.74. The molecule has 1 fully saturated rings. The number of aromatic nitrogens is 1. The molecule has 2 heterocycles. The van der Waals surface area contributed by atoms with Crippen LogP contribution >= 0.6 is 36.4 Å². The SMILES string of the molecule is Cc1cc(N2CCN(C)CC2)nc2ccc(NC(=O)C=Cc3ccc(OC(SF)(SF)SF)cc3)cc12. The first-order valence-electron chi connectivity index (χ1n) is 11.4. The number of benzene rings is 2. The summed E-state index contributed by atoms with van der Waals surface area (Å²) in [5.74, 6) is 0.725. The number of hydrogen-bond acceptors (Lipinski definition) is 8. The Morgan fingerprint density at radius 2 is 1.70 bits per heavy atom. The predicted octanol–water partition coefficient (Wildman–Crippen LogP) is 6.79. The van der Waals surface area contributed by atoms with Crippen molar-refractivity contribution in [1.82, 2.24) is 9.88 Å². The summed E-state index contributed by atoms with van der Waals surface area (Å²) in [5, 5.41) is 3.82. The molecule has 1 aliphatic rings. The molecule has 12 heteroatoms. The Morgan fingerprint density at radius 1 is 1.03 bits per heavy atom. The Balaban J connectivity index is 1.40. The van der Waals surface area contributed by atoms with E-state index in [-0.39, 0.29) is 11.7 Å². The maximum absolute atomic E-state index is 12.9. The number of carbonyl (C=O) groups is 1. The van der Waals surface area contributed by atoms with Gasteiger partial charge in [0.2, 0.25) is 5.91 Å². The number of aryl methyl sites for hydroxylation is 1. The van der Waals surface area contributed by atoms with Gasteiger partial charge in [0.05, 0.1) is 5.52 Å². The van der Waals surface area contributed by atoms with E-state index in [1.165, 1.54) is 18.2 Å². The number of halogens is 3. The summed E-state index contributed by atoms with van der Waals surface area (Å²) in [5.41, 5.74) is 3.25. The highest BCUT2D eigenvalue weighted by Crippen LogP contribution is 2.49. The molecule has 1 aliphatic heterocycles. The van der Waals surface area contributed by atoms with Crippen molar-refractivity contribution in [2.24, 2.45) is 0 Å². The van der Waals surface area contributed by atoms with Gasteiger partial charge >= 0.3 is 3.60 Å². The Hall–Kier alpha value is -2.54. The van der Waals surface area contributed by atoms with Crippen molar-refractivity contribution in [1.29, 1.82) is 0 Å². The van der Waals surface area contributed by atoms with Crippen LogP contribution in [-0.2, 0) is 4.79 Å². The van der Waals surface area contributed by atoms with E-state index in [9.17, 15) is 16.5 Å². The highest BCUT2D eigenvalue weighted by atomic mass is 32.3. The lowest BCUT2D eigenvalue weighted by molar-refractivity contribution is -0.111. The van der Waals surface area contributed by atoms with Gasteiger partial charge in [0.1, 0.15) is 48.0 Å². The molecule has 4 rings (SSSR count). The summed E-state index contributed by atoms with van der Waals surface area (Å²) in [6.07, 6.45) is 2.96. The molecule has 1 amide bonds. The lowest BCUT2D eigenvalue weighted by atomic mass is 10.1. The second-order valence-electron chi connectivity index (χ2n) is 8.54. The van der Waals surface area contributed by atoms with Gasteiger partial charge in [0.25, 0.3) is 0 Å². The fourth-order valence-corrected chi connectivity index (χ4v) is 4.55. The fourth-order valence-electron chi connectivity index (χ4n) is 3.88. The van der Waals surface area contributed by atoms with Crippen molar-refractivity contribution in [3.05, 3.63) is 65.7 Å². The molecule has 2 aromatic carbocycles. The van der Waals surface area contributed by atoms with Crippen LogP contribution in [0.2, 0.25) is 0 Å². The third-order valence-electron chi connectivity index (χ3n) is 5.93. The summed E-state index contributed by atoms with van der Waals surface area (Å²) in [7, 11) is 2.12. The number of likely N-dealkylation sites (N-methyl/N-ethyl adjacent to an activating group) is 1. The zero-order valence-electron chi connectivity index (χ0n) is 20.1. The Morgan fingerprint density at radius 3 is 2.35 bits per heavy atom. The minimum absolute atomic E-state index is 0.0815. The molecule has 1 N–H and O–H groups in total. The standard InChI is InChI=1S/C25H25F3N4O2S3/c1-17-15-23(32-13-11-31(2)12-14-32)30-22-9-6-19(16-21(17)22)29-24(33)10-5-18-3-7-20(8-4-18)34-25(35-26,36-27)37-28/h3-10,15-16H,11-14H2,1-2H3,(H,29,33). The van der Waals surface area contributed by atoms with Gasteiger partial charge in [-0.05, 0) is 67.6 Å². The maximum atomic E-state index is 12.9. The Labute approximate surface area is 226 Å². The average molecular weight is 567 g/mol. The van der Waals surface area contributed by atoms with Crippen LogP contribution in [0.1, 0.15) is 11.1 Å². The van der Waals surface area contributed by atoms with Crippen molar-refractivity contribution < 1.29 is 21.2 Å². The molecule has 0 bridgehead atoms. The second-order valence-corrected chi connectivity index (χ2v) is 11.5. The van der Waals surface area contributed by atoms with E-state index >= 15 is 0 Å². The number of rotatable bonds is 9. The molecule has 1 saturated heterocycles. The van der Waals surface area contributed by atoms with Gasteiger partial charge in [-0.2, -0.15) is 11.7 Å². The predicted molar refractivity (Wildman–Crippen MR) is 150 cm³/mol. The molecule has 196 valence electrons. The number of amides is 1. The van der Waals surface area contributed by atoms with Crippen LogP contribution in [0.5, 0.6) is 5.75 Å². The maximum Gasteiger partial charge on any atom is 0.338 e. The van der Waals surface area contributed by atoms with Gasteiger partial charge in [0.15, 0.2) is 0 Å². The molecule has 0 spiro atoms. The molecule has 37 heavy (non-hydrogen) atoms. The van der Waals surface area contributed by atoms with Gasteiger partial charge in [-0.25, -0.2) is 4.98 Å². The zero-order chi connectivity index (χ0) is 26.4. The van der Waals surface area contributed by atoms with E-state index in [1.807, 2.05) is 25.1 Å². The normalized spacial score (nSPS) is 14.9. The fraction of sp³-hybridized carbons (Fsp3) is 0.280. The van der Waals surface area contributed by atoms with Gasteiger partial charge in [-0.1, -0.05) is 12.1 Å². The van der Waals surface area contributed by atoms with Crippen molar-refractivity contribution in [2.75, 3.05) is 43.4 Å². The number of nitrogens with one attached hydrogen (secondary N) is 1. The van der Waals surface area contributed by atoms with Crippen molar-refractivity contribution >= 4 is 70.8 Å². The smallest absolute Gasteiger partial charge is 0.338 e. The average Bonchev–Trinajstić information content (AvgIpc) is 2.92. The van der Waals surface area contributed by atoms with Crippen LogP contribution < -0.4 is 15.0 Å². The molecule has 0 unspecified atom stereocenters. The number of ether oxygens (including phenoxy) is 1. The van der Waals surface area contributed by atoms with Crippen molar-refractivity contribution in [3.63, 3.8) is 0 Å². The monoisotopic (exact) mass is 566 g/mol. The van der Waals surface area contributed by atoms with E-state index in [0.717, 1.165) is 48.5 Å². The number of carbonyl (C=O) groups excluding carboxylic acids is 1. The summed E-state index contributed by atoms with van der Waals surface area (Å²) in [6.45, 7) is 5.93. The topological polar surface area (TPSA) is 57.7 Å². The second kappa shape index (κ2) is 12.3. The van der Waals surface area contributed by atoms with Gasteiger partial charge in [-0.15, -0.1) is 0 Å². The number of pyridine rings is 1. The first-order chi connectivity index (χ1) is 17.8. The highest BCUT2D eigenvalue weighted by Gasteiger charge is 2.39. The molecule has 1 aromatic heterocycles. The van der Waals surface area contributed by atoms with E-state index in [0.29, 0.717) is 11.3 Å². The quantitative estimate of drug-likeness (QED) is 0.225. The molecule has 3 aromatic rings. The zero-order valence-corrected chi connectivity index (χ0v) is 22.6. The van der Waals surface area contributed by atoms with Crippen molar-refractivity contribution in [3.8, 4) is 5.75 Å². The molecule has 0 atom stereocenters. The van der Waals surface area contributed by atoms with Crippen LogP contribution in [-0.4, -0.2) is 52.6 Å². The summed E-state index contributed by atoms with van der Waals surface area (Å²) < 4.78 is 41.4. The Kier molecular flexibility index (Phi) is 9.17. The van der Waals surface area contributed by atoms with E-state index in [2.05, 4.69) is 28.2 Å². The van der Waals surface area contributed by atoms with Crippen molar-refractivity contribution in [2.45, 2.75) is 10.5 Å². The summed E-state index contributed by atoms with van der Waals surface area (Å²) in [4.78, 5) is 21.9. The van der Waals surface area contributed by atoms with Gasteiger partial charge < -0.3 is 19.9 Å². The molecule has 0 saturated carbocycles. The van der Waals surface area contributed by atoms with E-state index in [4.69, 9.17) is 9.72 Å². The summed E-state index contributed by atoms with van der Waals surface area (Å²) in [6, 6.07) is 13.8. The minimum Gasteiger partial charge on any atom is -0.451 e. The number of fused-ring (bicyclic) bond motifs is 1. The van der Waals surface area contributed by atoms with E-state index in [1.54, 1.807) is 18.2 Å². The molecule has 0 radical (unpaired) electrons. The Bertz CT molecular complexity index is 1260.